The van der Waals surface area contributed by atoms with Gasteiger partial charge in [-0.25, -0.2) is 4.72 Å². The number of amides is 1. The first-order valence-electron chi connectivity index (χ1n) is 14.2. The van der Waals surface area contributed by atoms with E-state index < -0.39 is 22.2 Å². The number of aliphatic hydroxyl groups is 1. The van der Waals surface area contributed by atoms with E-state index in [-0.39, 0.29) is 29.4 Å². The van der Waals surface area contributed by atoms with Crippen molar-refractivity contribution in [2.45, 2.75) is 50.0 Å². The van der Waals surface area contributed by atoms with Crippen molar-refractivity contribution in [2.24, 2.45) is 11.8 Å². The standard InChI is InChI=1S/C31H38ClN3O5S/c1-3-5-15-33-41(38,39)34-30(37)22-9-13-29-27(17-22)35(18-23-8-11-25(23)28(36)4-2)19-31(20-40-29)14-6-7-21-16-24(32)10-12-26(21)31/h3-4,9-10,12-13,16-17,23,25,28,33,36H,1-2,5-8,11,14-15,18-20H2,(H,34,37)/t23-,25+,28?,31-/m0/s1. The third kappa shape index (κ3) is 6.33. The lowest BCUT2D eigenvalue weighted by Crippen LogP contribution is -2.49. The van der Waals surface area contributed by atoms with Crippen LogP contribution in [0.4, 0.5) is 5.69 Å². The van der Waals surface area contributed by atoms with E-state index in [2.05, 4.69) is 39.6 Å². The fourth-order valence-electron chi connectivity index (χ4n) is 6.50. The number of aliphatic hydroxyl groups excluding tert-OH is 1. The van der Waals surface area contributed by atoms with Crippen molar-refractivity contribution in [1.82, 2.24) is 9.44 Å². The molecule has 10 heteroatoms. The fraction of sp³-hybridized carbons (Fsp3) is 0.452. The molecule has 2 aromatic rings. The highest BCUT2D eigenvalue weighted by molar-refractivity contribution is 7.88. The van der Waals surface area contributed by atoms with Gasteiger partial charge in [-0.05, 0) is 91.8 Å². The lowest BCUT2D eigenvalue weighted by molar-refractivity contribution is 0.0460. The molecule has 2 aromatic carbocycles. The number of fused-ring (bicyclic) bond motifs is 3. The third-order valence-electron chi connectivity index (χ3n) is 8.78. The Bertz CT molecular complexity index is 1430. The summed E-state index contributed by atoms with van der Waals surface area (Å²) in [5.74, 6) is 0.281. The first-order chi connectivity index (χ1) is 19.6. The summed E-state index contributed by atoms with van der Waals surface area (Å²) in [5.41, 5.74) is 3.14. The monoisotopic (exact) mass is 599 g/mol. The molecule has 8 nitrogen and oxygen atoms in total. The maximum absolute atomic E-state index is 13.1. The quantitative estimate of drug-likeness (QED) is 0.274. The zero-order valence-electron chi connectivity index (χ0n) is 23.1. The molecule has 220 valence electrons. The van der Waals surface area contributed by atoms with E-state index in [1.807, 2.05) is 6.07 Å². The van der Waals surface area contributed by atoms with E-state index in [9.17, 15) is 18.3 Å². The molecule has 0 bridgehead atoms. The van der Waals surface area contributed by atoms with Gasteiger partial charge in [0.05, 0.1) is 18.4 Å². The SMILES string of the molecule is C=CCCNS(=O)(=O)NC(=O)c1ccc2c(c1)N(C[C@@H]1CC[C@H]1C(O)C=C)C[C@@]1(CCCc3cc(Cl)ccc31)CO2. The molecule has 1 saturated carbocycles. The summed E-state index contributed by atoms with van der Waals surface area (Å²) in [6.07, 6.45) is 7.89. The van der Waals surface area contributed by atoms with E-state index in [0.29, 0.717) is 31.9 Å². The molecule has 1 unspecified atom stereocenters. The van der Waals surface area contributed by atoms with Crippen LogP contribution in [0, 0.1) is 11.8 Å². The van der Waals surface area contributed by atoms with Gasteiger partial charge in [0, 0.05) is 35.6 Å². The number of rotatable bonds is 10. The van der Waals surface area contributed by atoms with Gasteiger partial charge in [0.2, 0.25) is 0 Å². The van der Waals surface area contributed by atoms with Crippen molar-refractivity contribution in [3.63, 3.8) is 0 Å². The normalized spacial score (nSPS) is 24.2. The van der Waals surface area contributed by atoms with Crippen molar-refractivity contribution in [3.05, 3.63) is 83.4 Å². The van der Waals surface area contributed by atoms with Crippen molar-refractivity contribution >= 4 is 33.4 Å². The minimum Gasteiger partial charge on any atom is -0.490 e. The van der Waals surface area contributed by atoms with Crippen molar-refractivity contribution in [2.75, 3.05) is 31.1 Å². The predicted octanol–water partition coefficient (Wildman–Crippen LogP) is 4.53. The van der Waals surface area contributed by atoms with Crippen LogP contribution < -0.4 is 19.1 Å². The van der Waals surface area contributed by atoms with Gasteiger partial charge in [0.15, 0.2) is 0 Å². The fourth-order valence-corrected chi connectivity index (χ4v) is 7.51. The van der Waals surface area contributed by atoms with Crippen LogP contribution in [-0.4, -0.2) is 51.8 Å². The van der Waals surface area contributed by atoms with Gasteiger partial charge in [0.25, 0.3) is 5.91 Å². The van der Waals surface area contributed by atoms with E-state index in [1.54, 1.807) is 30.4 Å². The van der Waals surface area contributed by atoms with E-state index in [1.165, 1.54) is 11.1 Å². The Kier molecular flexibility index (Phi) is 8.80. The number of nitrogens with zero attached hydrogens (tertiary/aromatic N) is 1. The molecule has 2 aliphatic carbocycles. The van der Waals surface area contributed by atoms with Crippen molar-refractivity contribution in [1.29, 1.82) is 0 Å². The van der Waals surface area contributed by atoms with E-state index in [4.69, 9.17) is 16.3 Å². The summed E-state index contributed by atoms with van der Waals surface area (Å²) in [5, 5.41) is 11.3. The van der Waals surface area contributed by atoms with E-state index in [0.717, 1.165) is 42.8 Å². The van der Waals surface area contributed by atoms with Crippen molar-refractivity contribution < 1.29 is 23.1 Å². The predicted molar refractivity (Wildman–Crippen MR) is 162 cm³/mol. The maximum Gasteiger partial charge on any atom is 0.301 e. The molecule has 0 radical (unpaired) electrons. The highest BCUT2D eigenvalue weighted by atomic mass is 35.5. The largest absolute Gasteiger partial charge is 0.490 e. The second-order valence-electron chi connectivity index (χ2n) is 11.4. The Morgan fingerprint density at radius 1 is 1.24 bits per heavy atom. The van der Waals surface area contributed by atoms with Gasteiger partial charge in [-0.2, -0.15) is 13.1 Å². The number of nitrogens with one attached hydrogen (secondary N) is 2. The van der Waals surface area contributed by atoms with Crippen LogP contribution in [0.1, 0.15) is 53.6 Å². The first-order valence-corrected chi connectivity index (χ1v) is 16.0. The van der Waals surface area contributed by atoms with Gasteiger partial charge >= 0.3 is 10.2 Å². The highest BCUT2D eigenvalue weighted by Gasteiger charge is 2.44. The average molecular weight is 600 g/mol. The number of carbonyl (C=O) groups excluding carboxylic acids is 1. The molecule has 1 fully saturated rings. The van der Waals surface area contributed by atoms with E-state index >= 15 is 0 Å². The minimum absolute atomic E-state index is 0.117. The number of ether oxygens (including phenoxy) is 1. The molecular weight excluding hydrogens is 562 g/mol. The molecule has 1 amide bonds. The van der Waals surface area contributed by atoms with Crippen LogP contribution in [0.2, 0.25) is 5.02 Å². The van der Waals surface area contributed by atoms with Gasteiger partial charge in [-0.3, -0.25) is 4.79 Å². The summed E-state index contributed by atoms with van der Waals surface area (Å²) in [7, 11) is -4.03. The van der Waals surface area contributed by atoms with Crippen LogP contribution in [0.15, 0.2) is 61.7 Å². The van der Waals surface area contributed by atoms with Crippen LogP contribution >= 0.6 is 11.6 Å². The van der Waals surface area contributed by atoms with Crippen molar-refractivity contribution in [3.8, 4) is 5.75 Å². The molecule has 3 N–H and O–H groups in total. The molecule has 1 spiro atoms. The Morgan fingerprint density at radius 2 is 2.07 bits per heavy atom. The number of anilines is 1. The second-order valence-corrected chi connectivity index (χ2v) is 13.4. The number of aryl methyl sites for hydroxylation is 1. The Labute approximate surface area is 247 Å². The lowest BCUT2D eigenvalue weighted by atomic mass is 9.68. The molecule has 5 rings (SSSR count). The molecular formula is C31H38ClN3O5S. The molecule has 0 aromatic heterocycles. The van der Waals surface area contributed by atoms with Crippen LogP contribution in [0.25, 0.3) is 0 Å². The second kappa shape index (κ2) is 12.2. The van der Waals surface area contributed by atoms with Gasteiger partial charge in [-0.15, -0.1) is 13.2 Å². The lowest BCUT2D eigenvalue weighted by Gasteiger charge is -2.45. The zero-order chi connectivity index (χ0) is 29.2. The molecule has 1 aliphatic heterocycles. The van der Waals surface area contributed by atoms with Gasteiger partial charge < -0.3 is 14.7 Å². The summed E-state index contributed by atoms with van der Waals surface area (Å²) < 4.78 is 35.7. The highest BCUT2D eigenvalue weighted by Crippen LogP contribution is 2.46. The number of hydrogen-bond donors (Lipinski definition) is 3. The van der Waals surface area contributed by atoms with Crippen LogP contribution in [-0.2, 0) is 22.0 Å². The topological polar surface area (TPSA) is 108 Å². The van der Waals surface area contributed by atoms with Gasteiger partial charge in [-0.1, -0.05) is 29.8 Å². The smallest absolute Gasteiger partial charge is 0.301 e. The molecule has 0 saturated heterocycles. The Balaban J connectivity index is 1.48. The zero-order valence-corrected chi connectivity index (χ0v) is 24.7. The maximum atomic E-state index is 13.1. The number of halogens is 1. The Hall–Kier alpha value is -2.85. The Morgan fingerprint density at radius 3 is 2.80 bits per heavy atom. The molecule has 41 heavy (non-hydrogen) atoms. The molecule has 4 atom stereocenters. The van der Waals surface area contributed by atoms with Gasteiger partial charge in [0.1, 0.15) is 5.75 Å². The minimum atomic E-state index is -4.03. The summed E-state index contributed by atoms with van der Waals surface area (Å²) >= 11 is 6.36. The third-order valence-corrected chi connectivity index (χ3v) is 10.1. The molecule has 1 heterocycles. The van der Waals surface area contributed by atoms with Crippen LogP contribution in [0.3, 0.4) is 0 Å². The summed E-state index contributed by atoms with van der Waals surface area (Å²) in [6, 6.07) is 11.2. The summed E-state index contributed by atoms with van der Waals surface area (Å²) in [6.45, 7) is 9.31. The average Bonchev–Trinajstić information content (AvgIpc) is 3.07. The first kappa shape index (κ1) is 29.6. The molecule has 3 aliphatic rings. The number of carbonyl (C=O) groups is 1. The van der Waals surface area contributed by atoms with Crippen LogP contribution in [0.5, 0.6) is 5.75 Å². The summed E-state index contributed by atoms with van der Waals surface area (Å²) in [4.78, 5) is 15.3. The number of benzene rings is 2. The number of hydrogen-bond acceptors (Lipinski definition) is 6.